The second kappa shape index (κ2) is 7.05. The third-order valence-electron chi connectivity index (χ3n) is 3.69. The molecule has 1 atom stereocenters. The van der Waals surface area contributed by atoms with Gasteiger partial charge in [0.1, 0.15) is 0 Å². The average Bonchev–Trinajstić information content (AvgIpc) is 2.45. The zero-order valence-electron chi connectivity index (χ0n) is 12.4. The van der Waals surface area contributed by atoms with Gasteiger partial charge in [0.25, 0.3) is 0 Å². The van der Waals surface area contributed by atoms with E-state index in [-0.39, 0.29) is 6.04 Å². The van der Waals surface area contributed by atoms with E-state index in [1.807, 2.05) is 7.05 Å². The van der Waals surface area contributed by atoms with Crippen LogP contribution in [0.3, 0.4) is 0 Å². The average molecular weight is 332 g/mol. The van der Waals surface area contributed by atoms with E-state index in [1.165, 1.54) is 28.7 Å². The molecule has 2 heteroatoms. The lowest BCUT2D eigenvalue weighted by molar-refractivity contribution is 0.686. The quantitative estimate of drug-likeness (QED) is 0.811. The van der Waals surface area contributed by atoms with Gasteiger partial charge in [-0.15, -0.1) is 0 Å². The van der Waals surface area contributed by atoms with E-state index in [4.69, 9.17) is 0 Å². The van der Waals surface area contributed by atoms with Crippen LogP contribution in [0.25, 0.3) is 0 Å². The van der Waals surface area contributed by atoms with E-state index < -0.39 is 0 Å². The fourth-order valence-electron chi connectivity index (χ4n) is 2.59. The van der Waals surface area contributed by atoms with Gasteiger partial charge in [-0.1, -0.05) is 59.6 Å². The molecule has 0 aliphatic heterocycles. The summed E-state index contributed by atoms with van der Waals surface area (Å²) in [6.07, 6.45) is 2.35. The van der Waals surface area contributed by atoms with Crippen molar-refractivity contribution in [2.75, 3.05) is 7.05 Å². The maximum absolute atomic E-state index is 3.57. The van der Waals surface area contributed by atoms with Crippen molar-refractivity contribution in [2.24, 2.45) is 0 Å². The van der Waals surface area contributed by atoms with Crippen LogP contribution < -0.4 is 5.32 Å². The Morgan fingerprint density at radius 3 is 2.40 bits per heavy atom. The van der Waals surface area contributed by atoms with Crippen molar-refractivity contribution in [2.45, 2.75) is 32.7 Å². The van der Waals surface area contributed by atoms with Gasteiger partial charge >= 0.3 is 0 Å². The molecule has 0 bridgehead atoms. The van der Waals surface area contributed by atoms with E-state index in [1.54, 1.807) is 0 Å². The molecule has 1 nitrogen and oxygen atoms in total. The topological polar surface area (TPSA) is 12.0 Å². The minimum Gasteiger partial charge on any atom is -0.309 e. The Labute approximate surface area is 130 Å². The van der Waals surface area contributed by atoms with Crippen LogP contribution in [0.5, 0.6) is 0 Å². The van der Waals surface area contributed by atoms with Gasteiger partial charge in [0.05, 0.1) is 6.04 Å². The Bertz CT molecular complexity index is 560. The molecule has 2 aromatic rings. The second-order valence-corrected chi connectivity index (χ2v) is 6.13. The van der Waals surface area contributed by atoms with Crippen molar-refractivity contribution >= 4 is 15.9 Å². The van der Waals surface area contributed by atoms with Crippen molar-refractivity contribution in [1.82, 2.24) is 5.32 Å². The largest absolute Gasteiger partial charge is 0.309 e. The Morgan fingerprint density at radius 2 is 1.80 bits per heavy atom. The molecule has 2 rings (SSSR count). The Kier molecular flexibility index (Phi) is 5.38. The van der Waals surface area contributed by atoms with Gasteiger partial charge in [0, 0.05) is 4.47 Å². The maximum Gasteiger partial charge on any atom is 0.0577 e. The number of benzene rings is 2. The van der Waals surface area contributed by atoms with Crippen LogP contribution >= 0.6 is 15.9 Å². The highest BCUT2D eigenvalue weighted by molar-refractivity contribution is 9.10. The van der Waals surface area contributed by atoms with Crippen molar-refractivity contribution < 1.29 is 0 Å². The van der Waals surface area contributed by atoms with Crippen LogP contribution in [-0.2, 0) is 6.42 Å². The number of hydrogen-bond acceptors (Lipinski definition) is 1. The third kappa shape index (κ3) is 3.50. The zero-order chi connectivity index (χ0) is 14.5. The monoisotopic (exact) mass is 331 g/mol. The second-order valence-electron chi connectivity index (χ2n) is 5.21. The van der Waals surface area contributed by atoms with Crippen LogP contribution in [0.2, 0.25) is 0 Å². The maximum atomic E-state index is 3.57. The summed E-state index contributed by atoms with van der Waals surface area (Å²) in [5.41, 5.74) is 5.36. The lowest BCUT2D eigenvalue weighted by Gasteiger charge is -2.20. The zero-order valence-corrected chi connectivity index (χ0v) is 14.0. The first-order valence-electron chi connectivity index (χ1n) is 7.18. The molecule has 1 N–H and O–H groups in total. The summed E-state index contributed by atoms with van der Waals surface area (Å²) in [6, 6.07) is 15.7. The fraction of sp³-hybridized carbons (Fsp3) is 0.333. The predicted octanol–water partition coefficient (Wildman–Crippen LogP) is 5.02. The molecule has 0 aliphatic rings. The molecule has 0 spiro atoms. The van der Waals surface area contributed by atoms with Crippen LogP contribution in [0, 0.1) is 6.92 Å². The number of nitrogens with one attached hydrogen (secondary N) is 1. The Hall–Kier alpha value is -1.12. The van der Waals surface area contributed by atoms with Gasteiger partial charge in [-0.05, 0) is 54.8 Å². The van der Waals surface area contributed by atoms with Crippen LogP contribution in [0.15, 0.2) is 46.9 Å². The Morgan fingerprint density at radius 1 is 1.10 bits per heavy atom. The summed E-state index contributed by atoms with van der Waals surface area (Å²) in [5, 5.41) is 3.43. The predicted molar refractivity (Wildman–Crippen MR) is 90.2 cm³/mol. The molecule has 0 aromatic heterocycles. The van der Waals surface area contributed by atoms with Gasteiger partial charge in [-0.2, -0.15) is 0 Å². The molecule has 106 valence electrons. The third-order valence-corrected chi connectivity index (χ3v) is 4.19. The molecular weight excluding hydrogens is 310 g/mol. The lowest BCUT2D eigenvalue weighted by Crippen LogP contribution is -2.18. The highest BCUT2D eigenvalue weighted by Crippen LogP contribution is 2.27. The van der Waals surface area contributed by atoms with Crippen molar-refractivity contribution in [3.8, 4) is 0 Å². The molecule has 0 radical (unpaired) electrons. The van der Waals surface area contributed by atoms with Gasteiger partial charge in [0.2, 0.25) is 0 Å². The van der Waals surface area contributed by atoms with E-state index in [0.717, 1.165) is 10.9 Å². The molecule has 2 aromatic carbocycles. The van der Waals surface area contributed by atoms with Crippen molar-refractivity contribution in [3.05, 3.63) is 69.2 Å². The molecular formula is C18H22BrN. The van der Waals surface area contributed by atoms with E-state index >= 15 is 0 Å². The fourth-order valence-corrected chi connectivity index (χ4v) is 2.97. The minimum absolute atomic E-state index is 0.239. The van der Waals surface area contributed by atoms with E-state index in [2.05, 4.69) is 77.6 Å². The Balaban J connectivity index is 2.34. The van der Waals surface area contributed by atoms with Crippen LogP contribution in [-0.4, -0.2) is 7.05 Å². The van der Waals surface area contributed by atoms with E-state index in [9.17, 15) is 0 Å². The molecule has 20 heavy (non-hydrogen) atoms. The van der Waals surface area contributed by atoms with E-state index in [0.29, 0.717) is 0 Å². The first-order chi connectivity index (χ1) is 9.65. The number of aryl methyl sites for hydroxylation is 2. The summed E-state index contributed by atoms with van der Waals surface area (Å²) in [4.78, 5) is 0. The van der Waals surface area contributed by atoms with Gasteiger partial charge in [-0.25, -0.2) is 0 Å². The van der Waals surface area contributed by atoms with Gasteiger partial charge in [-0.3, -0.25) is 0 Å². The van der Waals surface area contributed by atoms with Gasteiger partial charge < -0.3 is 5.32 Å². The summed E-state index contributed by atoms with van der Waals surface area (Å²) < 4.78 is 1.13. The normalized spacial score (nSPS) is 12.4. The summed E-state index contributed by atoms with van der Waals surface area (Å²) in [6.45, 7) is 4.38. The molecule has 0 aliphatic carbocycles. The SMILES string of the molecule is CCCc1ccc(C(NC)c2cc(Br)ccc2C)cc1. The highest BCUT2D eigenvalue weighted by atomic mass is 79.9. The summed E-state index contributed by atoms with van der Waals surface area (Å²) in [5.74, 6) is 0. The molecule has 0 heterocycles. The molecule has 0 amide bonds. The molecule has 0 saturated carbocycles. The standard InChI is InChI=1S/C18H22BrN/c1-4-5-14-7-9-15(10-8-14)18(20-3)17-12-16(19)11-6-13(17)2/h6-12,18,20H,4-5H2,1-3H3. The minimum atomic E-state index is 0.239. The van der Waals surface area contributed by atoms with Crippen LogP contribution in [0.4, 0.5) is 0 Å². The van der Waals surface area contributed by atoms with Crippen molar-refractivity contribution in [1.29, 1.82) is 0 Å². The summed E-state index contributed by atoms with van der Waals surface area (Å²) >= 11 is 3.57. The lowest BCUT2D eigenvalue weighted by atomic mass is 9.94. The van der Waals surface area contributed by atoms with Crippen molar-refractivity contribution in [3.63, 3.8) is 0 Å². The highest BCUT2D eigenvalue weighted by Gasteiger charge is 2.14. The number of halogens is 1. The van der Waals surface area contributed by atoms with Gasteiger partial charge in [0.15, 0.2) is 0 Å². The smallest absolute Gasteiger partial charge is 0.0577 e. The number of hydrogen-bond donors (Lipinski definition) is 1. The number of rotatable bonds is 5. The summed E-state index contributed by atoms with van der Waals surface area (Å²) in [7, 11) is 2.02. The molecule has 0 fully saturated rings. The first-order valence-corrected chi connectivity index (χ1v) is 7.97. The molecule has 1 unspecified atom stereocenters. The van der Waals surface area contributed by atoms with Crippen LogP contribution in [0.1, 0.15) is 41.6 Å². The first kappa shape index (κ1) is 15.3. The molecule has 0 saturated heterocycles.